The van der Waals surface area contributed by atoms with Gasteiger partial charge < -0.3 is 10.6 Å². The molecule has 0 radical (unpaired) electrons. The summed E-state index contributed by atoms with van der Waals surface area (Å²) in [5, 5.41) is 6.85. The molecule has 1 aliphatic rings. The Morgan fingerprint density at radius 2 is 2.00 bits per heavy atom. The predicted molar refractivity (Wildman–Crippen MR) is 75.1 cm³/mol. The van der Waals surface area contributed by atoms with Crippen molar-refractivity contribution < 1.29 is 4.79 Å². The third kappa shape index (κ3) is 3.03. The number of hydrogen-bond donors (Lipinski definition) is 2. The minimum atomic E-state index is 0.0883. The van der Waals surface area contributed by atoms with Crippen LogP contribution in [0.2, 0.25) is 5.02 Å². The summed E-state index contributed by atoms with van der Waals surface area (Å²) in [4.78, 5) is 12.2. The number of piperidine rings is 1. The van der Waals surface area contributed by atoms with Crippen LogP contribution < -0.4 is 10.6 Å². The molecule has 4 heteroatoms. The zero-order valence-corrected chi connectivity index (χ0v) is 11.6. The number of carbonyl (C=O) groups excluding carboxylic acids is 1. The second-order valence-electron chi connectivity index (χ2n) is 4.95. The zero-order chi connectivity index (χ0) is 13.1. The normalized spacial score (nSPS) is 16.6. The van der Waals surface area contributed by atoms with Crippen LogP contribution in [0.3, 0.4) is 0 Å². The minimum absolute atomic E-state index is 0.0883. The SMILES string of the molecule is Cc1cc(C)c(NC(=O)C2CCNCC2)c(Cl)c1. The number of halogens is 1. The van der Waals surface area contributed by atoms with Crippen LogP contribution in [-0.2, 0) is 4.79 Å². The van der Waals surface area contributed by atoms with Gasteiger partial charge in [-0.25, -0.2) is 0 Å². The summed E-state index contributed by atoms with van der Waals surface area (Å²) in [6.45, 7) is 5.80. The molecule has 2 N–H and O–H groups in total. The molecule has 1 fully saturated rings. The lowest BCUT2D eigenvalue weighted by molar-refractivity contribution is -0.120. The maximum atomic E-state index is 12.2. The highest BCUT2D eigenvalue weighted by Gasteiger charge is 2.22. The zero-order valence-electron chi connectivity index (χ0n) is 10.8. The van der Waals surface area contributed by atoms with Gasteiger partial charge in [-0.2, -0.15) is 0 Å². The van der Waals surface area contributed by atoms with E-state index in [-0.39, 0.29) is 11.8 Å². The fraction of sp³-hybridized carbons (Fsp3) is 0.500. The van der Waals surface area contributed by atoms with Crippen LogP contribution in [0.4, 0.5) is 5.69 Å². The minimum Gasteiger partial charge on any atom is -0.324 e. The quantitative estimate of drug-likeness (QED) is 0.864. The summed E-state index contributed by atoms with van der Waals surface area (Å²) in [6.07, 6.45) is 1.79. The lowest BCUT2D eigenvalue weighted by atomic mass is 9.97. The molecule has 18 heavy (non-hydrogen) atoms. The summed E-state index contributed by atoms with van der Waals surface area (Å²) in [5.41, 5.74) is 2.88. The fourth-order valence-corrected chi connectivity index (χ4v) is 2.75. The fourth-order valence-electron chi connectivity index (χ4n) is 2.38. The van der Waals surface area contributed by atoms with E-state index in [1.165, 1.54) is 0 Å². The lowest BCUT2D eigenvalue weighted by Crippen LogP contribution is -2.34. The molecule has 1 aromatic carbocycles. The third-order valence-electron chi connectivity index (χ3n) is 3.39. The van der Waals surface area contributed by atoms with Crippen molar-refractivity contribution in [2.45, 2.75) is 26.7 Å². The van der Waals surface area contributed by atoms with Gasteiger partial charge in [0.05, 0.1) is 10.7 Å². The first-order chi connectivity index (χ1) is 8.58. The van der Waals surface area contributed by atoms with Gasteiger partial charge >= 0.3 is 0 Å². The first-order valence-corrected chi connectivity index (χ1v) is 6.74. The first-order valence-electron chi connectivity index (χ1n) is 6.36. The third-order valence-corrected chi connectivity index (χ3v) is 3.69. The molecule has 0 aromatic heterocycles. The van der Waals surface area contributed by atoms with Crippen molar-refractivity contribution in [1.82, 2.24) is 5.32 Å². The monoisotopic (exact) mass is 266 g/mol. The number of aryl methyl sites for hydroxylation is 2. The molecule has 2 rings (SSSR count). The van der Waals surface area contributed by atoms with E-state index >= 15 is 0 Å². The van der Waals surface area contributed by atoms with E-state index in [0.717, 1.165) is 42.7 Å². The highest BCUT2D eigenvalue weighted by Crippen LogP contribution is 2.28. The van der Waals surface area contributed by atoms with Crippen molar-refractivity contribution in [2.24, 2.45) is 5.92 Å². The molecule has 1 heterocycles. The van der Waals surface area contributed by atoms with Crippen molar-refractivity contribution >= 4 is 23.2 Å². The molecule has 0 bridgehead atoms. The summed E-state index contributed by atoms with van der Waals surface area (Å²) >= 11 is 6.19. The van der Waals surface area contributed by atoms with Crippen LogP contribution in [0.25, 0.3) is 0 Å². The van der Waals surface area contributed by atoms with Crippen LogP contribution >= 0.6 is 11.6 Å². The van der Waals surface area contributed by atoms with Crippen molar-refractivity contribution in [3.05, 3.63) is 28.3 Å². The molecule has 0 atom stereocenters. The number of amides is 1. The first kappa shape index (κ1) is 13.4. The number of benzene rings is 1. The second kappa shape index (κ2) is 5.72. The van der Waals surface area contributed by atoms with E-state index in [1.807, 2.05) is 26.0 Å². The highest BCUT2D eigenvalue weighted by molar-refractivity contribution is 6.34. The maximum absolute atomic E-state index is 12.2. The Hall–Kier alpha value is -1.06. The summed E-state index contributed by atoms with van der Waals surface area (Å²) in [5.74, 6) is 0.188. The number of anilines is 1. The standard InChI is InChI=1S/C14H19ClN2O/c1-9-7-10(2)13(12(15)8-9)17-14(18)11-3-5-16-6-4-11/h7-8,11,16H,3-6H2,1-2H3,(H,17,18). The molecular formula is C14H19ClN2O. The molecule has 0 unspecified atom stereocenters. The van der Waals surface area contributed by atoms with E-state index in [1.54, 1.807) is 0 Å². The Kier molecular flexibility index (Phi) is 4.25. The van der Waals surface area contributed by atoms with E-state index < -0.39 is 0 Å². The molecule has 1 aromatic rings. The lowest BCUT2D eigenvalue weighted by Gasteiger charge is -2.22. The molecule has 0 saturated carbocycles. The Bertz CT molecular complexity index is 430. The van der Waals surface area contributed by atoms with Crippen molar-refractivity contribution in [1.29, 1.82) is 0 Å². The van der Waals surface area contributed by atoms with E-state index in [0.29, 0.717) is 5.02 Å². The smallest absolute Gasteiger partial charge is 0.227 e. The molecule has 0 aliphatic carbocycles. The second-order valence-corrected chi connectivity index (χ2v) is 5.36. The van der Waals surface area contributed by atoms with E-state index in [4.69, 9.17) is 11.6 Å². The topological polar surface area (TPSA) is 41.1 Å². The van der Waals surface area contributed by atoms with Crippen molar-refractivity contribution in [2.75, 3.05) is 18.4 Å². The van der Waals surface area contributed by atoms with Crippen LogP contribution in [-0.4, -0.2) is 19.0 Å². The van der Waals surface area contributed by atoms with Gasteiger partial charge in [-0.05, 0) is 57.0 Å². The van der Waals surface area contributed by atoms with Crippen LogP contribution in [0, 0.1) is 19.8 Å². The number of carbonyl (C=O) groups is 1. The highest BCUT2D eigenvalue weighted by atomic mass is 35.5. The molecule has 3 nitrogen and oxygen atoms in total. The summed E-state index contributed by atoms with van der Waals surface area (Å²) in [6, 6.07) is 3.91. The molecule has 98 valence electrons. The van der Waals surface area contributed by atoms with Gasteiger partial charge in [-0.3, -0.25) is 4.79 Å². The average Bonchev–Trinajstić information content (AvgIpc) is 2.34. The average molecular weight is 267 g/mol. The van der Waals surface area contributed by atoms with Crippen LogP contribution in [0.5, 0.6) is 0 Å². The van der Waals surface area contributed by atoms with Gasteiger partial charge in [0.15, 0.2) is 0 Å². The van der Waals surface area contributed by atoms with E-state index in [2.05, 4.69) is 10.6 Å². The van der Waals surface area contributed by atoms with E-state index in [9.17, 15) is 4.79 Å². The van der Waals surface area contributed by atoms with Gasteiger partial charge in [0.25, 0.3) is 0 Å². The number of rotatable bonds is 2. The predicted octanol–water partition coefficient (Wildman–Crippen LogP) is 2.89. The maximum Gasteiger partial charge on any atom is 0.227 e. The van der Waals surface area contributed by atoms with Gasteiger partial charge in [0, 0.05) is 5.92 Å². The van der Waals surface area contributed by atoms with Crippen molar-refractivity contribution in [3.8, 4) is 0 Å². The van der Waals surface area contributed by atoms with Gasteiger partial charge in [-0.15, -0.1) is 0 Å². The number of nitrogens with one attached hydrogen (secondary N) is 2. The van der Waals surface area contributed by atoms with Gasteiger partial charge in [0.1, 0.15) is 0 Å². The Labute approximate surface area is 113 Å². The Morgan fingerprint density at radius 3 is 2.61 bits per heavy atom. The molecule has 1 aliphatic heterocycles. The largest absolute Gasteiger partial charge is 0.324 e. The summed E-state index contributed by atoms with van der Waals surface area (Å²) in [7, 11) is 0. The number of hydrogen-bond acceptors (Lipinski definition) is 2. The Morgan fingerprint density at radius 1 is 1.33 bits per heavy atom. The van der Waals surface area contributed by atoms with Crippen LogP contribution in [0.1, 0.15) is 24.0 Å². The van der Waals surface area contributed by atoms with Gasteiger partial charge in [-0.1, -0.05) is 17.7 Å². The molecule has 1 amide bonds. The Balaban J connectivity index is 2.11. The summed E-state index contributed by atoms with van der Waals surface area (Å²) < 4.78 is 0. The molecular weight excluding hydrogens is 248 g/mol. The van der Waals surface area contributed by atoms with Gasteiger partial charge in [0.2, 0.25) is 5.91 Å². The van der Waals surface area contributed by atoms with Crippen LogP contribution in [0.15, 0.2) is 12.1 Å². The molecule has 1 saturated heterocycles. The molecule has 0 spiro atoms. The van der Waals surface area contributed by atoms with Crippen molar-refractivity contribution in [3.63, 3.8) is 0 Å².